The number of hydrogen-bond acceptors (Lipinski definition) is 3. The predicted octanol–water partition coefficient (Wildman–Crippen LogP) is 5.75. The van der Waals surface area contributed by atoms with Gasteiger partial charge in [-0.1, -0.05) is 48.6 Å². The minimum Gasteiger partial charge on any atom is -0.361 e. The molecule has 2 aromatic carbocycles. The van der Waals surface area contributed by atoms with E-state index in [4.69, 9.17) is 4.74 Å². The van der Waals surface area contributed by atoms with E-state index >= 15 is 0 Å². The van der Waals surface area contributed by atoms with Crippen LogP contribution in [0.15, 0.2) is 48.5 Å². The van der Waals surface area contributed by atoms with Crippen molar-refractivity contribution in [1.82, 2.24) is 0 Å². The summed E-state index contributed by atoms with van der Waals surface area (Å²) in [5.74, 6) is 0.913. The highest BCUT2D eigenvalue weighted by Crippen LogP contribution is 2.41. The molecule has 0 aliphatic carbocycles. The number of nitrogens with zero attached hydrogens (tertiary/aromatic N) is 1. The molecule has 2 aliphatic rings. The Hall–Kier alpha value is -2.18. The summed E-state index contributed by atoms with van der Waals surface area (Å²) in [4.78, 5) is 2.27. The fourth-order valence-electron chi connectivity index (χ4n) is 3.32. The molecule has 0 bridgehead atoms. The average molecular weight is 389 g/mol. The topological polar surface area (TPSA) is 12.5 Å². The third kappa shape index (κ3) is 3.64. The fourth-order valence-corrected chi connectivity index (χ4v) is 4.58. The van der Waals surface area contributed by atoms with Gasteiger partial charge < -0.3 is 9.64 Å². The largest absolute Gasteiger partial charge is 0.416 e. The van der Waals surface area contributed by atoms with Gasteiger partial charge in [-0.2, -0.15) is 13.2 Å². The number of methoxy groups -OCH3 is 1. The Balaban J connectivity index is 1.58. The molecule has 0 N–H and O–H groups in total. The number of thioether (sulfide) groups is 1. The Morgan fingerprint density at radius 3 is 2.48 bits per heavy atom. The lowest BCUT2D eigenvalue weighted by Crippen LogP contribution is -2.38. The molecule has 1 fully saturated rings. The second kappa shape index (κ2) is 7.09. The van der Waals surface area contributed by atoms with Crippen molar-refractivity contribution in [3.05, 3.63) is 70.8 Å². The van der Waals surface area contributed by atoms with Crippen LogP contribution in [-0.2, 0) is 10.9 Å². The first-order valence-electron chi connectivity index (χ1n) is 8.56. The summed E-state index contributed by atoms with van der Waals surface area (Å²) in [6, 6.07) is 11.3. The third-order valence-corrected chi connectivity index (χ3v) is 5.95. The van der Waals surface area contributed by atoms with Crippen LogP contribution < -0.4 is 4.90 Å². The molecule has 0 radical (unpaired) electrons. The highest BCUT2D eigenvalue weighted by molar-refractivity contribution is 8.00. The molecule has 0 saturated carbocycles. The molecule has 4 rings (SSSR count). The van der Waals surface area contributed by atoms with Crippen molar-refractivity contribution in [2.24, 2.45) is 0 Å². The van der Waals surface area contributed by atoms with Crippen LogP contribution in [0.4, 0.5) is 18.9 Å². The van der Waals surface area contributed by atoms with Crippen LogP contribution in [0.2, 0.25) is 0 Å². The summed E-state index contributed by atoms with van der Waals surface area (Å²) < 4.78 is 43.6. The molecule has 0 spiro atoms. The van der Waals surface area contributed by atoms with Gasteiger partial charge in [-0.15, -0.1) is 11.8 Å². The van der Waals surface area contributed by atoms with Gasteiger partial charge in [0, 0.05) is 18.6 Å². The van der Waals surface area contributed by atoms with Gasteiger partial charge in [0.2, 0.25) is 0 Å². The Kier molecular flexibility index (Phi) is 4.78. The highest BCUT2D eigenvalue weighted by atomic mass is 32.2. The van der Waals surface area contributed by atoms with Crippen molar-refractivity contribution in [1.29, 1.82) is 0 Å². The normalized spacial score (nSPS) is 21.6. The molecule has 2 heterocycles. The van der Waals surface area contributed by atoms with Gasteiger partial charge in [0.15, 0.2) is 0 Å². The molecule has 2 aliphatic heterocycles. The van der Waals surface area contributed by atoms with E-state index in [1.807, 2.05) is 30.0 Å². The summed E-state index contributed by atoms with van der Waals surface area (Å²) in [5.41, 5.74) is 3.35. The number of rotatable bonds is 3. The minimum absolute atomic E-state index is 0.0397. The number of ether oxygens (including phenoxy) is 1. The molecule has 1 saturated heterocycles. The lowest BCUT2D eigenvalue weighted by Gasteiger charge is -2.33. The van der Waals surface area contributed by atoms with E-state index in [1.165, 1.54) is 12.1 Å². The van der Waals surface area contributed by atoms with E-state index in [1.54, 1.807) is 7.11 Å². The van der Waals surface area contributed by atoms with Crippen LogP contribution >= 0.6 is 11.8 Å². The first-order valence-corrected chi connectivity index (χ1v) is 9.61. The molecule has 6 heteroatoms. The number of halogens is 3. The Morgan fingerprint density at radius 1 is 1.07 bits per heavy atom. The van der Waals surface area contributed by atoms with Crippen LogP contribution in [0, 0.1) is 0 Å². The lowest BCUT2D eigenvalue weighted by atomic mass is 10.0. The average Bonchev–Trinajstić information content (AvgIpc) is 3.09. The summed E-state index contributed by atoms with van der Waals surface area (Å²) in [6.45, 7) is 0. The monoisotopic (exact) mass is 389 g/mol. The molecule has 27 heavy (non-hydrogen) atoms. The molecule has 2 aromatic rings. The maximum Gasteiger partial charge on any atom is 0.416 e. The number of hydrogen-bond donors (Lipinski definition) is 0. The highest BCUT2D eigenvalue weighted by Gasteiger charge is 2.35. The maximum absolute atomic E-state index is 12.7. The van der Waals surface area contributed by atoms with Gasteiger partial charge in [0.05, 0.1) is 10.9 Å². The van der Waals surface area contributed by atoms with Crippen molar-refractivity contribution in [3.8, 4) is 0 Å². The van der Waals surface area contributed by atoms with Crippen LogP contribution in [0.5, 0.6) is 0 Å². The second-order valence-electron chi connectivity index (χ2n) is 6.45. The third-order valence-electron chi connectivity index (χ3n) is 4.75. The van der Waals surface area contributed by atoms with Crippen molar-refractivity contribution < 1.29 is 17.9 Å². The summed E-state index contributed by atoms with van der Waals surface area (Å²) >= 11 is 1.85. The van der Waals surface area contributed by atoms with E-state index in [0.717, 1.165) is 40.3 Å². The van der Waals surface area contributed by atoms with Gasteiger partial charge in [-0.25, -0.2) is 0 Å². The van der Waals surface area contributed by atoms with Crippen LogP contribution in [-0.4, -0.2) is 24.5 Å². The van der Waals surface area contributed by atoms with Crippen LogP contribution in [0.1, 0.15) is 22.3 Å². The lowest BCUT2D eigenvalue weighted by molar-refractivity contribution is -0.137. The van der Waals surface area contributed by atoms with Gasteiger partial charge in [-0.3, -0.25) is 0 Å². The zero-order chi connectivity index (χ0) is 19.0. The van der Waals surface area contributed by atoms with E-state index in [0.29, 0.717) is 0 Å². The van der Waals surface area contributed by atoms with Crippen molar-refractivity contribution in [2.75, 3.05) is 17.8 Å². The summed E-state index contributed by atoms with van der Waals surface area (Å²) in [5, 5.41) is 0.275. The predicted molar refractivity (Wildman–Crippen MR) is 105 cm³/mol. The summed E-state index contributed by atoms with van der Waals surface area (Å²) in [7, 11) is 1.72. The molecule has 140 valence electrons. The van der Waals surface area contributed by atoms with E-state index in [2.05, 4.69) is 29.2 Å². The van der Waals surface area contributed by atoms with Gasteiger partial charge in [0.1, 0.15) is 6.23 Å². The number of benzene rings is 2. The summed E-state index contributed by atoms with van der Waals surface area (Å²) in [6.07, 6.45) is 3.79. The Labute approximate surface area is 160 Å². The Morgan fingerprint density at radius 2 is 1.78 bits per heavy atom. The standard InChI is InChI=1S/C21H18F3NOS/c1-26-19-13-27-20-11-8-16-7-4-15(12-18(16)25(19)20)3-2-14-5-9-17(10-6-14)21(22,23)24/h2-12,19-20H,13H2,1H3/b3-2+. The molecule has 2 unspecified atom stereocenters. The zero-order valence-electron chi connectivity index (χ0n) is 14.6. The van der Waals surface area contributed by atoms with Crippen molar-refractivity contribution in [3.63, 3.8) is 0 Å². The molecular formula is C21H18F3NOS. The van der Waals surface area contributed by atoms with Crippen molar-refractivity contribution >= 4 is 35.7 Å². The number of fused-ring (bicyclic) bond motifs is 3. The first-order chi connectivity index (χ1) is 13.0. The molecule has 2 atom stereocenters. The van der Waals surface area contributed by atoms with E-state index in [9.17, 15) is 13.2 Å². The quantitative estimate of drug-likeness (QED) is 0.620. The zero-order valence-corrected chi connectivity index (χ0v) is 15.4. The number of alkyl halides is 3. The maximum atomic E-state index is 12.7. The number of anilines is 1. The minimum atomic E-state index is -4.31. The van der Waals surface area contributed by atoms with Crippen LogP contribution in [0.3, 0.4) is 0 Å². The molecule has 0 amide bonds. The van der Waals surface area contributed by atoms with E-state index in [-0.39, 0.29) is 11.6 Å². The van der Waals surface area contributed by atoms with Gasteiger partial charge in [0.25, 0.3) is 0 Å². The fraction of sp³-hybridized carbons (Fsp3) is 0.238. The Bertz CT molecular complexity index is 889. The van der Waals surface area contributed by atoms with Crippen molar-refractivity contribution in [2.45, 2.75) is 17.8 Å². The molecule has 0 aromatic heterocycles. The van der Waals surface area contributed by atoms with Gasteiger partial charge in [-0.05, 0) is 34.9 Å². The molecule has 2 nitrogen and oxygen atoms in total. The van der Waals surface area contributed by atoms with E-state index < -0.39 is 11.7 Å². The first kappa shape index (κ1) is 18.2. The van der Waals surface area contributed by atoms with Crippen LogP contribution in [0.25, 0.3) is 18.2 Å². The second-order valence-corrected chi connectivity index (χ2v) is 7.60. The molecular weight excluding hydrogens is 371 g/mol. The smallest absolute Gasteiger partial charge is 0.361 e. The van der Waals surface area contributed by atoms with Gasteiger partial charge >= 0.3 is 6.18 Å². The SMILES string of the molecule is COC1CSC2C=Cc3ccc(/C=C/c4ccc(C(F)(F)F)cc4)cc3N12.